The summed E-state index contributed by atoms with van der Waals surface area (Å²) in [6.45, 7) is 0. The van der Waals surface area contributed by atoms with E-state index in [1.807, 2.05) is 0 Å². The summed E-state index contributed by atoms with van der Waals surface area (Å²) in [4.78, 5) is 3.73. The maximum Gasteiger partial charge on any atom is 0.198 e. The first-order chi connectivity index (χ1) is 7.61. The smallest absolute Gasteiger partial charge is 0.198 e. The third-order valence-corrected chi connectivity index (χ3v) is 2.04. The average molecular weight is 227 g/mol. The first-order valence-corrected chi connectivity index (χ1v) is 4.35. The third kappa shape index (κ3) is 1.64. The highest BCUT2D eigenvalue weighted by Crippen LogP contribution is 2.25. The Morgan fingerprint density at radius 3 is 2.25 bits per heavy atom. The van der Waals surface area contributed by atoms with Gasteiger partial charge in [-0.25, -0.2) is 17.6 Å². The van der Waals surface area contributed by atoms with E-state index in [9.17, 15) is 17.6 Å². The fraction of sp³-hybridized carbons (Fsp3) is 0. The SMILES string of the molecule is Fc1cc(-c2ccccn2)c(F)c(F)c1F. The number of halogens is 4. The quantitative estimate of drug-likeness (QED) is 0.413. The normalized spacial score (nSPS) is 10.5. The molecule has 0 bridgehead atoms. The van der Waals surface area contributed by atoms with Gasteiger partial charge in [0, 0.05) is 11.8 Å². The van der Waals surface area contributed by atoms with Crippen LogP contribution in [0.3, 0.4) is 0 Å². The zero-order valence-electron chi connectivity index (χ0n) is 7.85. The number of benzene rings is 1. The van der Waals surface area contributed by atoms with Crippen molar-refractivity contribution in [2.45, 2.75) is 0 Å². The standard InChI is InChI=1S/C11H5F4N/c12-7-5-6(8-3-1-2-4-16-8)9(13)11(15)10(7)14/h1-5H. The lowest BCUT2D eigenvalue weighted by atomic mass is 10.1. The van der Waals surface area contributed by atoms with Crippen LogP contribution in [0.15, 0.2) is 30.5 Å². The summed E-state index contributed by atoms with van der Waals surface area (Å²) >= 11 is 0. The van der Waals surface area contributed by atoms with Gasteiger partial charge >= 0.3 is 0 Å². The lowest BCUT2D eigenvalue weighted by molar-refractivity contribution is 0.410. The van der Waals surface area contributed by atoms with Crippen LogP contribution in [0.1, 0.15) is 0 Å². The highest BCUT2D eigenvalue weighted by molar-refractivity contribution is 5.59. The van der Waals surface area contributed by atoms with E-state index in [0.717, 1.165) is 0 Å². The molecular weight excluding hydrogens is 222 g/mol. The summed E-state index contributed by atoms with van der Waals surface area (Å²) in [5.41, 5.74) is -0.366. The number of hydrogen-bond acceptors (Lipinski definition) is 1. The molecule has 1 heterocycles. The molecule has 0 N–H and O–H groups in total. The molecule has 0 aliphatic rings. The average Bonchev–Trinajstić information content (AvgIpc) is 2.32. The van der Waals surface area contributed by atoms with Gasteiger partial charge in [-0.2, -0.15) is 0 Å². The Morgan fingerprint density at radius 2 is 1.62 bits per heavy atom. The zero-order valence-corrected chi connectivity index (χ0v) is 7.85. The Bertz CT molecular complexity index is 525. The van der Waals surface area contributed by atoms with Crippen LogP contribution in [0.5, 0.6) is 0 Å². The minimum atomic E-state index is -1.83. The van der Waals surface area contributed by atoms with Crippen molar-refractivity contribution in [2.75, 3.05) is 0 Å². The van der Waals surface area contributed by atoms with Gasteiger partial charge in [-0.15, -0.1) is 0 Å². The van der Waals surface area contributed by atoms with E-state index in [-0.39, 0.29) is 5.69 Å². The number of rotatable bonds is 1. The van der Waals surface area contributed by atoms with Gasteiger partial charge in [-0.05, 0) is 18.2 Å². The highest BCUT2D eigenvalue weighted by Gasteiger charge is 2.19. The van der Waals surface area contributed by atoms with Crippen molar-refractivity contribution in [2.24, 2.45) is 0 Å². The molecule has 0 unspecified atom stereocenters. The molecule has 1 aromatic carbocycles. The topological polar surface area (TPSA) is 12.9 Å². The number of aromatic nitrogens is 1. The van der Waals surface area contributed by atoms with Gasteiger partial charge in [0.25, 0.3) is 0 Å². The van der Waals surface area contributed by atoms with Gasteiger partial charge in [-0.3, -0.25) is 4.98 Å². The predicted molar refractivity (Wildman–Crippen MR) is 49.5 cm³/mol. The summed E-state index contributed by atoms with van der Waals surface area (Å²) in [5.74, 6) is -6.55. The van der Waals surface area contributed by atoms with E-state index >= 15 is 0 Å². The van der Waals surface area contributed by atoms with Crippen LogP contribution < -0.4 is 0 Å². The largest absolute Gasteiger partial charge is 0.256 e. The molecule has 5 heteroatoms. The van der Waals surface area contributed by atoms with Crippen LogP contribution in [0.25, 0.3) is 11.3 Å². The van der Waals surface area contributed by atoms with Gasteiger partial charge in [0.15, 0.2) is 23.3 Å². The molecule has 0 saturated carbocycles. The highest BCUT2D eigenvalue weighted by atomic mass is 19.2. The molecule has 0 aliphatic heterocycles. The van der Waals surface area contributed by atoms with Crippen LogP contribution >= 0.6 is 0 Å². The molecule has 82 valence electrons. The van der Waals surface area contributed by atoms with Crippen molar-refractivity contribution >= 4 is 0 Å². The summed E-state index contributed by atoms with van der Waals surface area (Å²) in [6.07, 6.45) is 1.34. The summed E-state index contributed by atoms with van der Waals surface area (Å²) in [7, 11) is 0. The van der Waals surface area contributed by atoms with E-state index in [2.05, 4.69) is 4.98 Å². The second-order valence-corrected chi connectivity index (χ2v) is 3.06. The van der Waals surface area contributed by atoms with Crippen molar-refractivity contribution in [3.63, 3.8) is 0 Å². The Morgan fingerprint density at radius 1 is 0.875 bits per heavy atom. The van der Waals surface area contributed by atoms with E-state index in [4.69, 9.17) is 0 Å². The van der Waals surface area contributed by atoms with Crippen LogP contribution in [0, 0.1) is 23.3 Å². The molecule has 2 rings (SSSR count). The molecular formula is C11H5F4N. The third-order valence-electron chi connectivity index (χ3n) is 2.04. The summed E-state index contributed by atoms with van der Waals surface area (Å²) < 4.78 is 51.8. The second-order valence-electron chi connectivity index (χ2n) is 3.06. The molecule has 0 fully saturated rings. The minimum Gasteiger partial charge on any atom is -0.256 e. The van der Waals surface area contributed by atoms with Gasteiger partial charge in [0.1, 0.15) is 0 Å². The Balaban J connectivity index is 2.68. The monoisotopic (exact) mass is 227 g/mol. The van der Waals surface area contributed by atoms with Crippen LogP contribution in [0.2, 0.25) is 0 Å². The van der Waals surface area contributed by atoms with Crippen LogP contribution in [0.4, 0.5) is 17.6 Å². The Kier molecular flexibility index (Phi) is 2.60. The molecule has 1 aromatic heterocycles. The first-order valence-electron chi connectivity index (χ1n) is 4.35. The van der Waals surface area contributed by atoms with E-state index in [0.29, 0.717) is 6.07 Å². The Hall–Kier alpha value is -1.91. The van der Waals surface area contributed by atoms with Crippen molar-refractivity contribution in [3.8, 4) is 11.3 Å². The molecule has 0 aliphatic carbocycles. The van der Waals surface area contributed by atoms with Gasteiger partial charge < -0.3 is 0 Å². The van der Waals surface area contributed by atoms with Crippen molar-refractivity contribution in [1.82, 2.24) is 4.98 Å². The van der Waals surface area contributed by atoms with Crippen LogP contribution in [-0.2, 0) is 0 Å². The second kappa shape index (κ2) is 3.92. The maximum absolute atomic E-state index is 13.3. The van der Waals surface area contributed by atoms with Crippen molar-refractivity contribution < 1.29 is 17.6 Å². The molecule has 1 nitrogen and oxygen atoms in total. The van der Waals surface area contributed by atoms with E-state index in [1.54, 1.807) is 6.07 Å². The van der Waals surface area contributed by atoms with Gasteiger partial charge in [-0.1, -0.05) is 6.07 Å². The molecule has 0 radical (unpaired) electrons. The van der Waals surface area contributed by atoms with Gasteiger partial charge in [0.05, 0.1) is 5.69 Å². The van der Waals surface area contributed by atoms with Crippen molar-refractivity contribution in [3.05, 3.63) is 53.7 Å². The zero-order chi connectivity index (χ0) is 11.7. The Labute approximate surface area is 88.4 Å². The van der Waals surface area contributed by atoms with E-state index in [1.165, 1.54) is 18.3 Å². The lowest BCUT2D eigenvalue weighted by Crippen LogP contribution is -1.99. The number of nitrogens with zero attached hydrogens (tertiary/aromatic N) is 1. The fourth-order valence-corrected chi connectivity index (χ4v) is 1.28. The molecule has 2 aromatic rings. The fourth-order valence-electron chi connectivity index (χ4n) is 1.28. The molecule has 0 atom stereocenters. The predicted octanol–water partition coefficient (Wildman–Crippen LogP) is 3.31. The van der Waals surface area contributed by atoms with E-state index < -0.39 is 28.8 Å². The molecule has 0 saturated heterocycles. The minimum absolute atomic E-state index is 0.0396. The number of hydrogen-bond donors (Lipinski definition) is 0. The molecule has 16 heavy (non-hydrogen) atoms. The molecule has 0 spiro atoms. The lowest BCUT2D eigenvalue weighted by Gasteiger charge is -2.04. The first kappa shape index (κ1) is 10.6. The van der Waals surface area contributed by atoms with Gasteiger partial charge in [0.2, 0.25) is 0 Å². The van der Waals surface area contributed by atoms with Crippen LogP contribution in [-0.4, -0.2) is 4.98 Å². The number of pyridine rings is 1. The van der Waals surface area contributed by atoms with Crippen molar-refractivity contribution in [1.29, 1.82) is 0 Å². The maximum atomic E-state index is 13.3. The molecule has 0 amide bonds. The summed E-state index contributed by atoms with van der Waals surface area (Å²) in [5, 5.41) is 0. The summed E-state index contributed by atoms with van der Waals surface area (Å²) in [6, 6.07) is 5.05.